The number of allylic oxidation sites excluding steroid dienone is 2. The third kappa shape index (κ3) is 4.25. The monoisotopic (exact) mass is 758 g/mol. The highest BCUT2D eigenvalue weighted by Gasteiger charge is 2.40. The average molecular weight is 761 g/mol. The Morgan fingerprint density at radius 3 is 1.30 bits per heavy atom. The van der Waals surface area contributed by atoms with Gasteiger partial charge in [0, 0.05) is 30.8 Å². The van der Waals surface area contributed by atoms with E-state index in [1.807, 2.05) is 0 Å². The Kier molecular flexibility index (Phi) is 7.11. The van der Waals surface area contributed by atoms with Gasteiger partial charge in [-0.3, -0.25) is 0 Å². The number of nitrogens with zero attached hydrogens (tertiary/aromatic N) is 2. The highest BCUT2D eigenvalue weighted by molar-refractivity contribution is 9.10. The number of fused-ring (bicyclic) bond motifs is 4. The minimum Gasteiger partial charge on any atom is -0.334 e. The van der Waals surface area contributed by atoms with Crippen molar-refractivity contribution in [3.05, 3.63) is 125 Å². The molecule has 47 heavy (non-hydrogen) atoms. The molecule has 0 N–H and O–H groups in total. The highest BCUT2D eigenvalue weighted by atomic mass is 79.9. The number of halogens is 2. The van der Waals surface area contributed by atoms with E-state index in [0.717, 1.165) is 0 Å². The first-order valence-corrected chi connectivity index (χ1v) is 21.2. The molecule has 236 valence electrons. The Morgan fingerprint density at radius 2 is 0.936 bits per heavy atom. The van der Waals surface area contributed by atoms with Crippen LogP contribution in [0.4, 0.5) is 22.7 Å². The largest absolute Gasteiger partial charge is 0.334 e. The normalized spacial score (nSPS) is 19.7. The summed E-state index contributed by atoms with van der Waals surface area (Å²) in [6, 6.07) is 27.4. The van der Waals surface area contributed by atoms with E-state index in [4.69, 9.17) is 0 Å². The van der Waals surface area contributed by atoms with Crippen LogP contribution in [0.15, 0.2) is 92.9 Å². The molecule has 2 nitrogen and oxygen atoms in total. The molecule has 0 saturated carbocycles. The summed E-state index contributed by atoms with van der Waals surface area (Å²) in [5, 5.41) is 8.58. The van der Waals surface area contributed by atoms with Crippen LogP contribution in [0, 0.1) is 0 Å². The SMILES string of the molecule is CC1=Cc2c(Br)c3c(cc2=C1[Si](C)(C)C1=c2cc4c(c(Br)c2C=C1C)=C(C)C(C)N4c1ccccc1)N(c1ccccc1)C(C)C=3C. The third-order valence-corrected chi connectivity index (χ3v) is 16.7. The molecule has 8 rings (SSSR count). The molecule has 2 atom stereocenters. The van der Waals surface area contributed by atoms with Gasteiger partial charge in [0.15, 0.2) is 0 Å². The molecule has 0 spiro atoms. The van der Waals surface area contributed by atoms with Gasteiger partial charge in [-0.1, -0.05) is 72.8 Å². The van der Waals surface area contributed by atoms with Gasteiger partial charge in [-0.15, -0.1) is 0 Å². The summed E-state index contributed by atoms with van der Waals surface area (Å²) in [6.45, 7) is 19.1. The van der Waals surface area contributed by atoms with Gasteiger partial charge < -0.3 is 9.80 Å². The molecular weight excluding hydrogens is 720 g/mol. The van der Waals surface area contributed by atoms with Gasteiger partial charge in [-0.25, -0.2) is 0 Å². The molecule has 4 aromatic carbocycles. The number of rotatable bonds is 4. The maximum atomic E-state index is 4.16. The zero-order valence-corrected chi connectivity index (χ0v) is 32.6. The summed E-state index contributed by atoms with van der Waals surface area (Å²) < 4.78 is 2.46. The lowest BCUT2D eigenvalue weighted by Gasteiger charge is -2.30. The van der Waals surface area contributed by atoms with Gasteiger partial charge >= 0.3 is 0 Å². The van der Waals surface area contributed by atoms with Gasteiger partial charge in [-0.2, -0.15) is 0 Å². The Labute approximate surface area is 296 Å². The molecule has 0 saturated heterocycles. The lowest BCUT2D eigenvalue weighted by Crippen LogP contribution is -2.38. The van der Waals surface area contributed by atoms with Crippen molar-refractivity contribution in [3.63, 3.8) is 0 Å². The molecule has 0 aromatic heterocycles. The first kappa shape index (κ1) is 30.9. The molecule has 4 aromatic rings. The van der Waals surface area contributed by atoms with E-state index in [1.54, 1.807) is 10.4 Å². The van der Waals surface area contributed by atoms with Crippen LogP contribution in [-0.4, -0.2) is 20.2 Å². The second-order valence-corrected chi connectivity index (χ2v) is 20.1. The predicted octanol–water partition coefficient (Wildman–Crippen LogP) is 9.26. The van der Waals surface area contributed by atoms with E-state index in [9.17, 15) is 0 Å². The zero-order chi connectivity index (χ0) is 33.1. The van der Waals surface area contributed by atoms with Crippen molar-refractivity contribution in [2.24, 2.45) is 0 Å². The topological polar surface area (TPSA) is 6.48 Å². The Morgan fingerprint density at radius 1 is 0.574 bits per heavy atom. The van der Waals surface area contributed by atoms with Gasteiger partial charge in [0.2, 0.25) is 0 Å². The van der Waals surface area contributed by atoms with Gasteiger partial charge in [0.1, 0.15) is 8.07 Å². The van der Waals surface area contributed by atoms with Crippen LogP contribution in [0.25, 0.3) is 33.7 Å². The summed E-state index contributed by atoms with van der Waals surface area (Å²) in [4.78, 5) is 5.05. The van der Waals surface area contributed by atoms with Crippen LogP contribution < -0.4 is 30.7 Å². The van der Waals surface area contributed by atoms with Crippen molar-refractivity contribution in [3.8, 4) is 0 Å². The maximum absolute atomic E-state index is 4.16. The number of hydrogen-bond donors (Lipinski definition) is 0. The predicted molar refractivity (Wildman–Crippen MR) is 213 cm³/mol. The summed E-state index contributed by atoms with van der Waals surface area (Å²) in [5.74, 6) is 0. The van der Waals surface area contributed by atoms with E-state index in [-0.39, 0.29) is 0 Å². The average Bonchev–Trinajstić information content (AvgIpc) is 3.73. The molecule has 2 aliphatic heterocycles. The molecular formula is C42H40Br2N2Si. The molecule has 2 aliphatic carbocycles. The summed E-state index contributed by atoms with van der Waals surface area (Å²) >= 11 is 8.31. The van der Waals surface area contributed by atoms with E-state index < -0.39 is 8.07 Å². The molecule has 0 radical (unpaired) electrons. The molecule has 2 heterocycles. The second-order valence-electron chi connectivity index (χ2n) is 14.3. The minimum absolute atomic E-state index is 0.293. The lowest BCUT2D eigenvalue weighted by molar-refractivity contribution is 0.899. The third-order valence-electron chi connectivity index (χ3n) is 11.3. The van der Waals surface area contributed by atoms with Crippen molar-refractivity contribution in [1.82, 2.24) is 0 Å². The fourth-order valence-corrected chi connectivity index (χ4v) is 14.9. The first-order valence-electron chi connectivity index (χ1n) is 16.7. The second kappa shape index (κ2) is 10.8. The summed E-state index contributed by atoms with van der Waals surface area (Å²) in [6.07, 6.45) is 4.89. The molecule has 0 amide bonds. The van der Waals surface area contributed by atoms with Crippen LogP contribution in [-0.2, 0) is 0 Å². The van der Waals surface area contributed by atoms with Gasteiger partial charge in [0.25, 0.3) is 0 Å². The summed E-state index contributed by atoms with van der Waals surface area (Å²) in [5.41, 5.74) is 13.4. The lowest BCUT2D eigenvalue weighted by atomic mass is 10.1. The Bertz CT molecular complexity index is 2200. The van der Waals surface area contributed by atoms with Crippen molar-refractivity contribution in [1.29, 1.82) is 0 Å². The molecule has 0 bridgehead atoms. The van der Waals surface area contributed by atoms with Crippen LogP contribution in [0.1, 0.15) is 52.7 Å². The minimum atomic E-state index is -2.24. The van der Waals surface area contributed by atoms with Crippen LogP contribution in [0.3, 0.4) is 0 Å². The quantitative estimate of drug-likeness (QED) is 0.192. The number of anilines is 4. The smallest absolute Gasteiger partial charge is 0.114 e. The number of hydrogen-bond acceptors (Lipinski definition) is 2. The van der Waals surface area contributed by atoms with Gasteiger partial charge in [0.05, 0.1) is 23.5 Å². The number of benzene rings is 4. The van der Waals surface area contributed by atoms with E-state index in [0.29, 0.717) is 12.1 Å². The Balaban J connectivity index is 1.40. The van der Waals surface area contributed by atoms with E-state index >= 15 is 0 Å². The van der Waals surface area contributed by atoms with Crippen molar-refractivity contribution >= 4 is 96.4 Å². The molecule has 0 fully saturated rings. The van der Waals surface area contributed by atoms with Crippen LogP contribution in [0.2, 0.25) is 13.1 Å². The van der Waals surface area contributed by atoms with Crippen molar-refractivity contribution in [2.75, 3.05) is 9.80 Å². The first-order chi connectivity index (χ1) is 22.4. The zero-order valence-electron chi connectivity index (χ0n) is 28.4. The Hall–Kier alpha value is -3.38. The fraction of sp³-hybridized carbons (Fsp3) is 0.238. The van der Waals surface area contributed by atoms with E-state index in [1.165, 1.54) is 86.0 Å². The van der Waals surface area contributed by atoms with Crippen LogP contribution in [0.5, 0.6) is 0 Å². The fourth-order valence-electron chi connectivity index (χ4n) is 9.04. The van der Waals surface area contributed by atoms with Crippen molar-refractivity contribution < 1.29 is 0 Å². The van der Waals surface area contributed by atoms with Gasteiger partial charge in [-0.05, 0) is 153 Å². The highest BCUT2D eigenvalue weighted by Crippen LogP contribution is 2.43. The molecule has 4 aliphatic rings. The standard InChI is InChI=1S/C42H40Br2N2Si/c1-23-19-31-33(21-35-37(39(31)43)25(3)27(5)45(35)29-15-11-9-12-16-29)41(23)47(7,8)42-24(2)20-32-34(42)22-36-38(40(32)44)26(4)28(6)46(36)30-17-13-10-14-18-30/h9-22,27-28H,1-8H3. The van der Waals surface area contributed by atoms with Crippen LogP contribution >= 0.6 is 31.9 Å². The maximum Gasteiger partial charge on any atom is 0.114 e. The summed E-state index contributed by atoms with van der Waals surface area (Å²) in [7, 11) is -2.24. The molecule has 5 heteroatoms. The van der Waals surface area contributed by atoms with E-state index in [2.05, 4.69) is 181 Å². The number of para-hydroxylation sites is 2. The van der Waals surface area contributed by atoms with Crippen molar-refractivity contribution in [2.45, 2.75) is 66.7 Å². The molecule has 2 unspecified atom stereocenters.